The van der Waals surface area contributed by atoms with Crippen molar-refractivity contribution in [2.75, 3.05) is 0 Å². The normalized spacial score (nSPS) is 13.1. The minimum atomic E-state index is -4.16. The summed E-state index contributed by atoms with van der Waals surface area (Å²) in [5.74, 6) is -0.702. The molecular weight excluding hydrogens is 439 g/mol. The van der Waals surface area contributed by atoms with E-state index in [2.05, 4.69) is 35.8 Å². The Morgan fingerprint density at radius 2 is 2.04 bits per heavy atom. The molecule has 3 rings (SSSR count). The van der Waals surface area contributed by atoms with Crippen molar-refractivity contribution >= 4 is 26.0 Å². The molecule has 1 atom stereocenters. The molecule has 0 saturated heterocycles. The van der Waals surface area contributed by atoms with E-state index in [1.54, 1.807) is 38.4 Å². The summed E-state index contributed by atoms with van der Waals surface area (Å²) in [5.41, 5.74) is 0.635. The maximum absolute atomic E-state index is 14.0. The lowest BCUT2D eigenvalue weighted by atomic mass is 10.1. The molecule has 0 fully saturated rings. The van der Waals surface area contributed by atoms with E-state index in [1.807, 2.05) is 0 Å². The van der Waals surface area contributed by atoms with Crippen LogP contribution < -0.4 is 4.72 Å². The molecule has 0 aliphatic rings. The number of sulfonamides is 1. The van der Waals surface area contributed by atoms with Crippen LogP contribution >= 0.6 is 15.9 Å². The van der Waals surface area contributed by atoms with E-state index in [1.165, 1.54) is 12.1 Å². The third kappa shape index (κ3) is 4.40. The molecule has 27 heavy (non-hydrogen) atoms. The van der Waals surface area contributed by atoms with E-state index in [9.17, 15) is 12.8 Å². The van der Waals surface area contributed by atoms with Gasteiger partial charge in [-0.2, -0.15) is 9.71 Å². The van der Waals surface area contributed by atoms with E-state index in [-0.39, 0.29) is 17.6 Å². The Balaban J connectivity index is 1.93. The summed E-state index contributed by atoms with van der Waals surface area (Å²) < 4.78 is 47.6. The quantitative estimate of drug-likeness (QED) is 0.609. The van der Waals surface area contributed by atoms with Gasteiger partial charge < -0.3 is 4.52 Å². The Labute approximate surface area is 164 Å². The lowest BCUT2D eigenvalue weighted by molar-refractivity contribution is 0.311. The first-order valence-electron chi connectivity index (χ1n) is 7.99. The van der Waals surface area contributed by atoms with Crippen molar-refractivity contribution in [1.29, 1.82) is 0 Å². The molecule has 0 aliphatic carbocycles. The molecule has 0 saturated carbocycles. The maximum Gasteiger partial charge on any atom is 0.245 e. The second-order valence-electron chi connectivity index (χ2n) is 6.12. The monoisotopic (exact) mass is 454 g/mol. The van der Waals surface area contributed by atoms with Crippen molar-refractivity contribution in [3.05, 3.63) is 58.9 Å². The molecule has 3 aromatic rings. The smallest absolute Gasteiger partial charge is 0.245 e. The van der Waals surface area contributed by atoms with Gasteiger partial charge in [0.25, 0.3) is 0 Å². The molecule has 0 spiro atoms. The number of pyridine rings is 1. The Kier molecular flexibility index (Phi) is 5.68. The van der Waals surface area contributed by atoms with Gasteiger partial charge >= 0.3 is 0 Å². The summed E-state index contributed by atoms with van der Waals surface area (Å²) in [6, 6.07) is 6.36. The summed E-state index contributed by atoms with van der Waals surface area (Å²) >= 11 is 3.15. The largest absolute Gasteiger partial charge is 0.337 e. The average molecular weight is 455 g/mol. The van der Waals surface area contributed by atoms with Crippen LogP contribution in [0.4, 0.5) is 4.39 Å². The molecule has 0 bridgehead atoms. The second-order valence-corrected chi connectivity index (χ2v) is 8.71. The van der Waals surface area contributed by atoms with Gasteiger partial charge in [-0.25, -0.2) is 12.8 Å². The van der Waals surface area contributed by atoms with Crippen molar-refractivity contribution in [1.82, 2.24) is 19.8 Å². The first-order valence-corrected chi connectivity index (χ1v) is 10.3. The van der Waals surface area contributed by atoms with Crippen LogP contribution in [0, 0.1) is 11.7 Å². The van der Waals surface area contributed by atoms with Gasteiger partial charge in [-0.05, 0) is 36.2 Å². The molecule has 1 N–H and O–H groups in total. The molecule has 0 aliphatic heterocycles. The Morgan fingerprint density at radius 3 is 2.70 bits per heavy atom. The van der Waals surface area contributed by atoms with Crippen molar-refractivity contribution < 1.29 is 17.3 Å². The van der Waals surface area contributed by atoms with Gasteiger partial charge in [0.15, 0.2) is 0 Å². The van der Waals surface area contributed by atoms with Crippen molar-refractivity contribution in [3.8, 4) is 11.4 Å². The van der Waals surface area contributed by atoms with Gasteiger partial charge in [0.2, 0.25) is 21.7 Å². The number of hydrogen-bond acceptors (Lipinski definition) is 6. The van der Waals surface area contributed by atoms with Crippen LogP contribution in [0.15, 0.2) is 56.6 Å². The maximum atomic E-state index is 14.0. The number of rotatable bonds is 6. The van der Waals surface area contributed by atoms with E-state index >= 15 is 0 Å². The van der Waals surface area contributed by atoms with Crippen molar-refractivity contribution in [2.24, 2.45) is 5.92 Å². The molecule has 2 aromatic heterocycles. The third-order valence-electron chi connectivity index (χ3n) is 3.76. The number of hydrogen-bond donors (Lipinski definition) is 1. The standard InChI is InChI=1S/C17H16BrFN4O3S/c1-10(2)15(17-21-16(22-26-17)11-4-3-7-20-9-11)23-27(24,25)14-8-12(18)5-6-13(14)19/h3-10,15,23H,1-2H3. The van der Waals surface area contributed by atoms with Gasteiger partial charge in [-0.15, -0.1) is 0 Å². The van der Waals surface area contributed by atoms with Gasteiger partial charge in [0.05, 0.1) is 0 Å². The first kappa shape index (κ1) is 19.6. The molecule has 0 amide bonds. The summed E-state index contributed by atoms with van der Waals surface area (Å²) in [7, 11) is -4.16. The van der Waals surface area contributed by atoms with Crippen LogP contribution in [-0.2, 0) is 10.0 Å². The first-order chi connectivity index (χ1) is 12.8. The van der Waals surface area contributed by atoms with Gasteiger partial charge in [-0.3, -0.25) is 4.98 Å². The molecular formula is C17H16BrFN4O3S. The van der Waals surface area contributed by atoms with Gasteiger partial charge in [-0.1, -0.05) is 34.9 Å². The van der Waals surface area contributed by atoms with Crippen LogP contribution in [0.3, 0.4) is 0 Å². The third-order valence-corrected chi connectivity index (χ3v) is 5.71. The fourth-order valence-corrected chi connectivity index (χ4v) is 4.31. The molecule has 0 radical (unpaired) electrons. The lowest BCUT2D eigenvalue weighted by Crippen LogP contribution is -2.32. The minimum Gasteiger partial charge on any atom is -0.337 e. The summed E-state index contributed by atoms with van der Waals surface area (Å²) in [4.78, 5) is 7.80. The number of halogens is 2. The molecule has 7 nitrogen and oxygen atoms in total. The van der Waals surface area contributed by atoms with Crippen LogP contribution in [0.5, 0.6) is 0 Å². The highest BCUT2D eigenvalue weighted by molar-refractivity contribution is 9.10. The summed E-state index contributed by atoms with van der Waals surface area (Å²) in [5, 5.41) is 3.88. The minimum absolute atomic E-state index is 0.0860. The predicted octanol–water partition coefficient (Wildman–Crippen LogP) is 3.71. The van der Waals surface area contributed by atoms with Crippen LogP contribution in [0.1, 0.15) is 25.8 Å². The number of nitrogens with one attached hydrogen (secondary N) is 1. The second kappa shape index (κ2) is 7.83. The molecule has 10 heteroatoms. The Morgan fingerprint density at radius 1 is 1.26 bits per heavy atom. The number of benzene rings is 1. The summed E-state index contributed by atoms with van der Waals surface area (Å²) in [6.07, 6.45) is 3.18. The van der Waals surface area contributed by atoms with E-state index in [4.69, 9.17) is 4.52 Å². The number of aromatic nitrogens is 3. The van der Waals surface area contributed by atoms with Gasteiger partial charge in [0.1, 0.15) is 16.8 Å². The highest BCUT2D eigenvalue weighted by Crippen LogP contribution is 2.27. The molecule has 142 valence electrons. The highest BCUT2D eigenvalue weighted by atomic mass is 79.9. The van der Waals surface area contributed by atoms with Crippen molar-refractivity contribution in [2.45, 2.75) is 24.8 Å². The fourth-order valence-electron chi connectivity index (χ4n) is 2.36. The topological polar surface area (TPSA) is 98.0 Å². The van der Waals surface area contributed by atoms with Crippen LogP contribution in [-0.4, -0.2) is 23.5 Å². The van der Waals surface area contributed by atoms with Gasteiger partial charge in [0, 0.05) is 22.4 Å². The van der Waals surface area contributed by atoms with E-state index in [0.29, 0.717) is 10.0 Å². The fraction of sp³-hybridized carbons (Fsp3) is 0.235. The lowest BCUT2D eigenvalue weighted by Gasteiger charge is -2.18. The molecule has 2 heterocycles. The SMILES string of the molecule is CC(C)C(NS(=O)(=O)c1cc(Br)ccc1F)c1nc(-c2cccnc2)no1. The molecule has 1 aromatic carbocycles. The Hall–Kier alpha value is -2.17. The molecule has 1 unspecified atom stereocenters. The number of nitrogens with zero attached hydrogens (tertiary/aromatic N) is 3. The highest BCUT2D eigenvalue weighted by Gasteiger charge is 2.30. The van der Waals surface area contributed by atoms with Crippen molar-refractivity contribution in [3.63, 3.8) is 0 Å². The summed E-state index contributed by atoms with van der Waals surface area (Å²) in [6.45, 7) is 3.58. The predicted molar refractivity (Wildman–Crippen MR) is 99.5 cm³/mol. The Bertz CT molecular complexity index is 1040. The van der Waals surface area contributed by atoms with E-state index < -0.39 is 26.8 Å². The zero-order valence-electron chi connectivity index (χ0n) is 14.4. The average Bonchev–Trinajstić information content (AvgIpc) is 3.12. The van der Waals surface area contributed by atoms with E-state index in [0.717, 1.165) is 6.07 Å². The van der Waals surface area contributed by atoms with Crippen LogP contribution in [0.25, 0.3) is 11.4 Å². The van der Waals surface area contributed by atoms with Crippen LogP contribution in [0.2, 0.25) is 0 Å². The zero-order chi connectivity index (χ0) is 19.6. The zero-order valence-corrected chi connectivity index (χ0v) is 16.8.